The molecule has 1 aromatic rings. The van der Waals surface area contributed by atoms with Gasteiger partial charge >= 0.3 is 0 Å². The second kappa shape index (κ2) is 6.60. The smallest absolute Gasteiger partial charge is 0.0686 e. The molecular formula is C15H25ClN2O. The molecule has 0 amide bonds. The first-order chi connectivity index (χ1) is 8.70. The third kappa shape index (κ3) is 5.39. The van der Waals surface area contributed by atoms with Crippen molar-refractivity contribution < 1.29 is 5.11 Å². The average molecular weight is 285 g/mol. The lowest BCUT2D eigenvalue weighted by molar-refractivity contribution is 0.201. The Kier molecular flexibility index (Phi) is 5.65. The van der Waals surface area contributed by atoms with E-state index in [2.05, 4.69) is 32.2 Å². The van der Waals surface area contributed by atoms with E-state index in [1.54, 1.807) is 6.92 Å². The number of nitrogens with one attached hydrogen (secondary N) is 1. The van der Waals surface area contributed by atoms with Gasteiger partial charge in [0.15, 0.2) is 0 Å². The second-order valence-corrected chi connectivity index (χ2v) is 6.49. The highest BCUT2D eigenvalue weighted by molar-refractivity contribution is 6.33. The molecule has 0 aromatic heterocycles. The lowest BCUT2D eigenvalue weighted by Gasteiger charge is -2.27. The van der Waals surface area contributed by atoms with E-state index in [1.165, 1.54) is 0 Å². The number of benzene rings is 1. The minimum Gasteiger partial charge on any atom is -0.392 e. The van der Waals surface area contributed by atoms with Gasteiger partial charge in [-0.1, -0.05) is 23.7 Å². The molecule has 0 saturated carbocycles. The molecule has 19 heavy (non-hydrogen) atoms. The molecule has 3 nitrogen and oxygen atoms in total. The molecule has 0 spiro atoms. The SMILES string of the molecule is CC(O)CN(C)c1c(Cl)cccc1CNC(C)(C)C. The first-order valence-electron chi connectivity index (χ1n) is 6.62. The van der Waals surface area contributed by atoms with E-state index in [4.69, 9.17) is 11.6 Å². The maximum absolute atomic E-state index is 9.52. The van der Waals surface area contributed by atoms with Crippen molar-refractivity contribution in [2.24, 2.45) is 0 Å². The summed E-state index contributed by atoms with van der Waals surface area (Å²) in [4.78, 5) is 2.01. The molecule has 1 unspecified atom stereocenters. The molecule has 4 heteroatoms. The summed E-state index contributed by atoms with van der Waals surface area (Å²) in [6, 6.07) is 5.91. The fourth-order valence-electron chi connectivity index (χ4n) is 1.98. The van der Waals surface area contributed by atoms with Gasteiger partial charge in [0.25, 0.3) is 0 Å². The van der Waals surface area contributed by atoms with Crippen molar-refractivity contribution in [3.63, 3.8) is 0 Å². The quantitative estimate of drug-likeness (QED) is 0.872. The van der Waals surface area contributed by atoms with E-state index in [1.807, 2.05) is 24.1 Å². The van der Waals surface area contributed by atoms with Gasteiger partial charge in [-0.3, -0.25) is 0 Å². The number of hydrogen-bond acceptors (Lipinski definition) is 3. The Hall–Kier alpha value is -0.770. The predicted molar refractivity (Wildman–Crippen MR) is 83.0 cm³/mol. The van der Waals surface area contributed by atoms with Gasteiger partial charge in [-0.05, 0) is 39.3 Å². The van der Waals surface area contributed by atoms with Crippen molar-refractivity contribution in [3.05, 3.63) is 28.8 Å². The molecule has 108 valence electrons. The highest BCUT2D eigenvalue weighted by atomic mass is 35.5. The van der Waals surface area contributed by atoms with Crippen LogP contribution in [0.3, 0.4) is 0 Å². The van der Waals surface area contributed by atoms with Crippen LogP contribution >= 0.6 is 11.6 Å². The largest absolute Gasteiger partial charge is 0.392 e. The molecule has 1 aromatic carbocycles. The van der Waals surface area contributed by atoms with Crippen LogP contribution in [0.15, 0.2) is 18.2 Å². The molecule has 1 rings (SSSR count). The topological polar surface area (TPSA) is 35.5 Å². The standard InChI is InChI=1S/C15H25ClN2O/c1-11(19)10-18(5)14-12(7-6-8-13(14)16)9-17-15(2,3)4/h6-8,11,17,19H,9-10H2,1-5H3. The van der Waals surface area contributed by atoms with Gasteiger partial charge in [-0.15, -0.1) is 0 Å². The molecule has 0 saturated heterocycles. The monoisotopic (exact) mass is 284 g/mol. The number of anilines is 1. The van der Waals surface area contributed by atoms with Gasteiger partial charge in [0.05, 0.1) is 16.8 Å². The summed E-state index contributed by atoms with van der Waals surface area (Å²) in [7, 11) is 1.95. The van der Waals surface area contributed by atoms with Crippen molar-refractivity contribution in [2.45, 2.75) is 45.9 Å². The van der Waals surface area contributed by atoms with Crippen LogP contribution in [0, 0.1) is 0 Å². The van der Waals surface area contributed by atoms with Crippen LogP contribution in [0.5, 0.6) is 0 Å². The van der Waals surface area contributed by atoms with Gasteiger partial charge < -0.3 is 15.3 Å². The number of halogens is 1. The zero-order valence-electron chi connectivity index (χ0n) is 12.5. The Morgan fingerprint density at radius 2 is 2.00 bits per heavy atom. The van der Waals surface area contributed by atoms with Crippen LogP contribution < -0.4 is 10.2 Å². The molecule has 1 atom stereocenters. The van der Waals surface area contributed by atoms with Crippen LogP contribution in [-0.4, -0.2) is 30.3 Å². The number of hydrogen-bond donors (Lipinski definition) is 2. The average Bonchev–Trinajstić information content (AvgIpc) is 2.24. The number of rotatable bonds is 5. The van der Waals surface area contributed by atoms with Crippen molar-refractivity contribution >= 4 is 17.3 Å². The fourth-order valence-corrected chi connectivity index (χ4v) is 2.32. The van der Waals surface area contributed by atoms with Crippen molar-refractivity contribution in [1.82, 2.24) is 5.32 Å². The van der Waals surface area contributed by atoms with Gasteiger partial charge in [0.1, 0.15) is 0 Å². The van der Waals surface area contributed by atoms with Gasteiger partial charge in [-0.25, -0.2) is 0 Å². The molecule has 0 fully saturated rings. The summed E-state index contributed by atoms with van der Waals surface area (Å²) in [6.07, 6.45) is -0.385. The van der Waals surface area contributed by atoms with Crippen LogP contribution in [0.1, 0.15) is 33.3 Å². The van der Waals surface area contributed by atoms with E-state index in [9.17, 15) is 5.11 Å². The van der Waals surface area contributed by atoms with Gasteiger partial charge in [0, 0.05) is 25.7 Å². The molecule has 0 aliphatic heterocycles. The Morgan fingerprint density at radius 3 is 2.53 bits per heavy atom. The fraction of sp³-hybridized carbons (Fsp3) is 0.600. The van der Waals surface area contributed by atoms with E-state index < -0.39 is 0 Å². The maximum Gasteiger partial charge on any atom is 0.0686 e. The van der Waals surface area contributed by atoms with Crippen LogP contribution in [-0.2, 0) is 6.54 Å². The van der Waals surface area contributed by atoms with E-state index in [0.717, 1.165) is 22.8 Å². The van der Waals surface area contributed by atoms with Crippen molar-refractivity contribution in [1.29, 1.82) is 0 Å². The molecule has 0 radical (unpaired) electrons. The Labute approximate surface area is 121 Å². The lowest BCUT2D eigenvalue weighted by atomic mass is 10.1. The second-order valence-electron chi connectivity index (χ2n) is 6.08. The third-order valence-electron chi connectivity index (χ3n) is 2.80. The predicted octanol–water partition coefficient (Wildman–Crippen LogP) is 3.05. The maximum atomic E-state index is 9.52. The summed E-state index contributed by atoms with van der Waals surface area (Å²) >= 11 is 6.31. The number of nitrogens with zero attached hydrogens (tertiary/aromatic N) is 1. The zero-order chi connectivity index (χ0) is 14.6. The summed E-state index contributed by atoms with van der Waals surface area (Å²) in [5, 5.41) is 13.7. The molecular weight excluding hydrogens is 260 g/mol. The molecule has 0 aliphatic rings. The van der Waals surface area contributed by atoms with Crippen LogP contribution in [0.2, 0.25) is 5.02 Å². The van der Waals surface area contributed by atoms with Gasteiger partial charge in [0.2, 0.25) is 0 Å². The minimum atomic E-state index is -0.385. The molecule has 0 aliphatic carbocycles. The van der Waals surface area contributed by atoms with E-state index in [-0.39, 0.29) is 11.6 Å². The number of para-hydroxylation sites is 1. The van der Waals surface area contributed by atoms with Gasteiger partial charge in [-0.2, -0.15) is 0 Å². The van der Waals surface area contributed by atoms with E-state index in [0.29, 0.717) is 6.54 Å². The molecule has 0 bridgehead atoms. The lowest BCUT2D eigenvalue weighted by Crippen LogP contribution is -2.36. The van der Waals surface area contributed by atoms with Crippen LogP contribution in [0.25, 0.3) is 0 Å². The van der Waals surface area contributed by atoms with Crippen LogP contribution in [0.4, 0.5) is 5.69 Å². The third-order valence-corrected chi connectivity index (χ3v) is 3.10. The molecule has 0 heterocycles. The highest BCUT2D eigenvalue weighted by Crippen LogP contribution is 2.29. The normalized spacial score (nSPS) is 13.4. The Bertz CT molecular complexity index is 413. The Morgan fingerprint density at radius 1 is 1.37 bits per heavy atom. The molecule has 2 N–H and O–H groups in total. The first-order valence-corrected chi connectivity index (χ1v) is 7.00. The summed E-state index contributed by atoms with van der Waals surface area (Å²) in [6.45, 7) is 9.50. The summed E-state index contributed by atoms with van der Waals surface area (Å²) < 4.78 is 0. The zero-order valence-corrected chi connectivity index (χ0v) is 13.3. The highest BCUT2D eigenvalue weighted by Gasteiger charge is 2.15. The summed E-state index contributed by atoms with van der Waals surface area (Å²) in [5.74, 6) is 0. The number of aliphatic hydroxyl groups is 1. The van der Waals surface area contributed by atoms with Crippen molar-refractivity contribution in [2.75, 3.05) is 18.5 Å². The van der Waals surface area contributed by atoms with Crippen molar-refractivity contribution in [3.8, 4) is 0 Å². The first kappa shape index (κ1) is 16.3. The Balaban J connectivity index is 2.95. The van der Waals surface area contributed by atoms with E-state index >= 15 is 0 Å². The summed E-state index contributed by atoms with van der Waals surface area (Å²) in [5.41, 5.74) is 2.19. The number of aliphatic hydroxyl groups excluding tert-OH is 1. The number of likely N-dealkylation sites (N-methyl/N-ethyl adjacent to an activating group) is 1. The minimum absolute atomic E-state index is 0.0580.